The maximum atomic E-state index is 4.00. The van der Waals surface area contributed by atoms with E-state index in [4.69, 9.17) is 0 Å². The summed E-state index contributed by atoms with van der Waals surface area (Å²) in [5.74, 6) is 0. The second kappa shape index (κ2) is 5.61. The molecule has 0 aromatic carbocycles. The summed E-state index contributed by atoms with van der Waals surface area (Å²) in [7, 11) is 1.42. The van der Waals surface area contributed by atoms with E-state index in [2.05, 4.69) is 37.7 Å². The lowest BCUT2D eigenvalue weighted by atomic mass is 13.9. The topological polar surface area (TPSA) is 12.0 Å². The van der Waals surface area contributed by atoms with Crippen LogP contribution in [0.3, 0.4) is 0 Å². The van der Waals surface area contributed by atoms with Gasteiger partial charge in [-0.3, -0.25) is 4.39 Å². The molecule has 1 nitrogen and oxygen atoms in total. The van der Waals surface area contributed by atoms with Gasteiger partial charge in [-0.15, -0.1) is 0 Å². The monoisotopic (exact) mass is 237 g/mol. The molecule has 5 heteroatoms. The fourth-order valence-electron chi connectivity index (χ4n) is 0.0244. The van der Waals surface area contributed by atoms with Gasteiger partial charge in [0.1, 0.15) is 0 Å². The van der Waals surface area contributed by atoms with Crippen molar-refractivity contribution < 1.29 is 0 Å². The lowest BCUT2D eigenvalue weighted by Gasteiger charge is -1.81. The zero-order valence-corrected chi connectivity index (χ0v) is 7.72. The number of thiol groups is 1. The minimum Gasteiger partial charge on any atom is -0.272 e. The molecule has 0 aliphatic carbocycles. The highest BCUT2D eigenvalue weighted by molar-refractivity contribution is 14.2. The van der Waals surface area contributed by atoms with Gasteiger partial charge in [-0.05, 0) is 9.12 Å². The van der Waals surface area contributed by atoms with Crippen molar-refractivity contribution in [2.24, 2.45) is 0 Å². The first kappa shape index (κ1) is 6.61. The van der Waals surface area contributed by atoms with E-state index in [1.165, 1.54) is 0 Å². The first-order valence-electron chi connectivity index (χ1n) is 1.03. The Morgan fingerprint density at radius 1 is 2.00 bits per heavy atom. The number of halogens is 1. The van der Waals surface area contributed by atoms with Crippen molar-refractivity contribution in [3.05, 3.63) is 0 Å². The van der Waals surface area contributed by atoms with E-state index < -0.39 is 0 Å². The second-order valence-electron chi connectivity index (χ2n) is 0.380. The van der Waals surface area contributed by atoms with E-state index in [1.807, 2.05) is 0 Å². The molecule has 5 heavy (non-hydrogen) atoms. The Balaban J connectivity index is 2.19. The molecular formula is H4INS2Si. The van der Waals surface area contributed by atoms with Gasteiger partial charge in [-0.25, -0.2) is 0 Å². The molecule has 1 N–H and O–H groups in total. The van der Waals surface area contributed by atoms with Crippen LogP contribution in [0.5, 0.6) is 0 Å². The van der Waals surface area contributed by atoms with Crippen LogP contribution >= 0.6 is 42.4 Å². The highest BCUT2D eigenvalue weighted by Crippen LogP contribution is 2.01. The molecule has 32 valence electrons. The number of nitrogens with one attached hydrogen (secondary N) is 1. The number of hydrogen-bond acceptors (Lipinski definition) is 3. The SMILES string of the molecule is S[SiH2]NSI. The summed E-state index contributed by atoms with van der Waals surface area (Å²) >= 11 is 6.18. The summed E-state index contributed by atoms with van der Waals surface area (Å²) < 4.78 is 3.02. The zero-order chi connectivity index (χ0) is 4.12. The summed E-state index contributed by atoms with van der Waals surface area (Å²) in [6, 6.07) is 0. The highest BCUT2D eigenvalue weighted by Gasteiger charge is 1.68. The molecule has 0 aliphatic rings. The van der Waals surface area contributed by atoms with E-state index in [1.54, 1.807) is 9.12 Å². The average molecular weight is 237 g/mol. The normalized spacial score (nSPS) is 10.8. The lowest BCUT2D eigenvalue weighted by molar-refractivity contribution is 1.74. The van der Waals surface area contributed by atoms with Crippen LogP contribution < -0.4 is 4.39 Å². The molecule has 0 radical (unpaired) electrons. The van der Waals surface area contributed by atoms with Crippen LogP contribution in [0, 0.1) is 0 Å². The van der Waals surface area contributed by atoms with Gasteiger partial charge in [0.15, 0.2) is 8.83 Å². The van der Waals surface area contributed by atoms with E-state index in [-0.39, 0.29) is 8.83 Å². The van der Waals surface area contributed by atoms with Crippen LogP contribution in [0.2, 0.25) is 0 Å². The maximum absolute atomic E-state index is 4.00. The van der Waals surface area contributed by atoms with Gasteiger partial charge in [0.05, 0.1) is 0 Å². The van der Waals surface area contributed by atoms with E-state index in [9.17, 15) is 0 Å². The standard InChI is InChI=1S/H4INS2Si/c1-4-2-5-3/h2-3H,5H2. The first-order chi connectivity index (χ1) is 2.41. The molecule has 0 aliphatic heterocycles. The van der Waals surface area contributed by atoms with Crippen LogP contribution in [0.1, 0.15) is 0 Å². The maximum Gasteiger partial charge on any atom is 0.163 e. The second-order valence-corrected chi connectivity index (χ2v) is 4.27. The minimum atomic E-state index is -0.186. The van der Waals surface area contributed by atoms with Gasteiger partial charge in [0.25, 0.3) is 0 Å². The molecule has 0 rings (SSSR count). The van der Waals surface area contributed by atoms with Crippen LogP contribution in [-0.2, 0) is 0 Å². The summed E-state index contributed by atoms with van der Waals surface area (Å²) in [5.41, 5.74) is 0. The van der Waals surface area contributed by atoms with Gasteiger partial charge in [0, 0.05) is 21.2 Å². The Bertz CT molecular complexity index is 17.1. The highest BCUT2D eigenvalue weighted by atomic mass is 127. The van der Waals surface area contributed by atoms with Gasteiger partial charge in [0.2, 0.25) is 0 Å². The average Bonchev–Trinajstić information content (AvgIpc) is 1.41. The predicted octanol–water partition coefficient (Wildman–Crippen LogP) is 0.503. The molecular weight excluding hydrogens is 233 g/mol. The van der Waals surface area contributed by atoms with Crippen LogP contribution in [0.4, 0.5) is 0 Å². The Labute approximate surface area is 55.3 Å². The molecule has 0 saturated carbocycles. The fourth-order valence-corrected chi connectivity index (χ4v) is 4.42. The van der Waals surface area contributed by atoms with Gasteiger partial charge in [-0.2, -0.15) is 12.1 Å². The smallest absolute Gasteiger partial charge is 0.163 e. The van der Waals surface area contributed by atoms with Crippen molar-refractivity contribution in [3.63, 3.8) is 0 Å². The molecule has 0 aromatic rings. The Morgan fingerprint density at radius 2 is 2.60 bits per heavy atom. The lowest BCUT2D eigenvalue weighted by Crippen LogP contribution is -1.97. The van der Waals surface area contributed by atoms with Crippen molar-refractivity contribution >= 4 is 51.2 Å². The van der Waals surface area contributed by atoms with Crippen molar-refractivity contribution in [1.29, 1.82) is 0 Å². The molecule has 0 bridgehead atoms. The van der Waals surface area contributed by atoms with Crippen LogP contribution in [0.25, 0.3) is 0 Å². The molecule has 0 heterocycles. The summed E-state index contributed by atoms with van der Waals surface area (Å²) in [5, 5.41) is 0. The first-order valence-corrected chi connectivity index (χ1v) is 7.62. The Hall–Kier alpha value is 1.61. The molecule has 0 atom stereocenters. The van der Waals surface area contributed by atoms with E-state index >= 15 is 0 Å². The number of rotatable bonds is 2. The van der Waals surface area contributed by atoms with Crippen molar-refractivity contribution in [2.45, 2.75) is 0 Å². The third kappa shape index (κ3) is 5.61. The van der Waals surface area contributed by atoms with Crippen molar-refractivity contribution in [2.75, 3.05) is 0 Å². The van der Waals surface area contributed by atoms with Crippen LogP contribution in [0.15, 0.2) is 0 Å². The van der Waals surface area contributed by atoms with E-state index in [0.717, 1.165) is 0 Å². The van der Waals surface area contributed by atoms with Gasteiger partial charge >= 0.3 is 0 Å². The number of hydrogen-bond donors (Lipinski definition) is 2. The molecule has 0 unspecified atom stereocenters. The zero-order valence-electron chi connectivity index (χ0n) is 2.44. The fraction of sp³-hybridized carbons (Fsp3) is 0. The Morgan fingerprint density at radius 3 is 2.60 bits per heavy atom. The summed E-state index contributed by atoms with van der Waals surface area (Å²) in [6.07, 6.45) is 0. The molecule has 0 spiro atoms. The molecule has 0 fully saturated rings. The van der Waals surface area contributed by atoms with Crippen molar-refractivity contribution in [1.82, 2.24) is 4.39 Å². The largest absolute Gasteiger partial charge is 0.272 e. The van der Waals surface area contributed by atoms with Gasteiger partial charge < -0.3 is 0 Å². The third-order valence-corrected chi connectivity index (χ3v) is 5.04. The molecule has 0 aromatic heterocycles. The molecule has 0 saturated heterocycles. The van der Waals surface area contributed by atoms with Crippen LogP contribution in [-0.4, -0.2) is 8.83 Å². The summed E-state index contributed by atoms with van der Waals surface area (Å²) in [4.78, 5) is 0. The third-order valence-electron chi connectivity index (χ3n) is 0.119. The van der Waals surface area contributed by atoms with Crippen molar-refractivity contribution in [3.8, 4) is 0 Å². The minimum absolute atomic E-state index is 0.186. The predicted molar refractivity (Wildman–Crippen MR) is 42.3 cm³/mol. The quantitative estimate of drug-likeness (QED) is 0.314. The molecule has 0 amide bonds. The van der Waals surface area contributed by atoms with E-state index in [0.29, 0.717) is 0 Å². The van der Waals surface area contributed by atoms with Gasteiger partial charge in [-0.1, -0.05) is 0 Å². The summed E-state index contributed by atoms with van der Waals surface area (Å²) in [6.45, 7) is 0. The Kier molecular flexibility index (Phi) is 7.41.